The maximum absolute atomic E-state index is 11.5. The zero-order chi connectivity index (χ0) is 17.6. The average Bonchev–Trinajstić information content (AvgIpc) is 2.28. The molecule has 0 aromatic heterocycles. The maximum atomic E-state index is 11.5. The second-order valence-electron chi connectivity index (χ2n) is 3.37. The van der Waals surface area contributed by atoms with Crippen LogP contribution in [0, 0.1) is 6.92 Å². The van der Waals surface area contributed by atoms with Gasteiger partial charge in [-0.15, -0.1) is 0 Å². The lowest BCUT2D eigenvalue weighted by Crippen LogP contribution is -2.20. The number of benzene rings is 1. The van der Waals surface area contributed by atoms with E-state index in [1.165, 1.54) is 25.1 Å². The Morgan fingerprint density at radius 3 is 2.88 bits per heavy atom. The van der Waals surface area contributed by atoms with Crippen LogP contribution in [-0.4, -0.2) is 27.4 Å². The highest BCUT2D eigenvalue weighted by molar-refractivity contribution is 7.90. The molecule has 0 aliphatic carbocycles. The van der Waals surface area contributed by atoms with Gasteiger partial charge in [-0.2, -0.15) is 0 Å². The Morgan fingerprint density at radius 2 is 2.38 bits per heavy atom. The molecule has 0 fully saturated rings. The predicted molar refractivity (Wildman–Crippen MR) is 64.4 cm³/mol. The zero-order valence-corrected chi connectivity index (χ0v) is 9.76. The first-order chi connectivity index (χ1) is 9.59. The Balaban J connectivity index is 3.32. The van der Waals surface area contributed by atoms with Crippen molar-refractivity contribution in [3.8, 4) is 5.75 Å². The quantitative estimate of drug-likeness (QED) is 0.866. The van der Waals surface area contributed by atoms with Crippen LogP contribution in [0.25, 0.3) is 0 Å². The molecule has 0 unspecified atom stereocenters. The van der Waals surface area contributed by atoms with Gasteiger partial charge in [-0.25, -0.2) is 8.42 Å². The van der Waals surface area contributed by atoms with Crippen LogP contribution < -0.4 is 10.5 Å². The van der Waals surface area contributed by atoms with Crippen LogP contribution in [-0.2, 0) is 9.84 Å². The van der Waals surface area contributed by atoms with Crippen molar-refractivity contribution in [2.24, 2.45) is 5.73 Å². The van der Waals surface area contributed by atoms with Gasteiger partial charge in [-0.05, 0) is 24.1 Å². The summed E-state index contributed by atoms with van der Waals surface area (Å²) in [5.74, 6) is 0.0134. The van der Waals surface area contributed by atoms with Gasteiger partial charge >= 0.3 is 0 Å². The summed E-state index contributed by atoms with van der Waals surface area (Å²) in [5, 5.41) is 0. The van der Waals surface area contributed by atoms with Crippen LogP contribution in [0.1, 0.15) is 25.4 Å². The molecule has 0 radical (unpaired) electrons. The summed E-state index contributed by atoms with van der Waals surface area (Å²) in [6, 6.07) is 1.05. The predicted octanol–water partition coefficient (Wildman–Crippen LogP) is 1.05. The third-order valence-corrected chi connectivity index (χ3v) is 2.48. The van der Waals surface area contributed by atoms with E-state index in [1.807, 2.05) is 0 Å². The normalized spacial score (nSPS) is 22.7. The van der Waals surface area contributed by atoms with E-state index in [1.54, 1.807) is 0 Å². The van der Waals surface area contributed by atoms with Crippen LogP contribution >= 0.6 is 0 Å². The first-order valence-electron chi connectivity index (χ1n) is 7.38. The smallest absolute Gasteiger partial charge is 0.149 e. The van der Waals surface area contributed by atoms with E-state index in [4.69, 9.17) is 18.7 Å². The molecule has 0 heterocycles. The number of nitrogens with two attached hydrogens (primary N) is 1. The average molecular weight is 249 g/mol. The molecule has 1 rings (SSSR count). The van der Waals surface area contributed by atoms with E-state index in [0.29, 0.717) is 11.8 Å². The third-order valence-electron chi connectivity index (χ3n) is 1.89. The minimum atomic E-state index is -4.26. The Kier molecular flexibility index (Phi) is 2.00. The van der Waals surface area contributed by atoms with Crippen molar-refractivity contribution >= 4 is 9.84 Å². The van der Waals surface area contributed by atoms with Gasteiger partial charge in [0.2, 0.25) is 0 Å². The molecule has 1 aromatic carbocycles. The second kappa shape index (κ2) is 4.84. The molecule has 0 aliphatic heterocycles. The molecule has 0 saturated heterocycles. The summed E-state index contributed by atoms with van der Waals surface area (Å²) in [4.78, 5) is 0. The largest absolute Gasteiger partial charge is 0.496 e. The molecule has 16 heavy (non-hydrogen) atoms. The van der Waals surface area contributed by atoms with Gasteiger partial charge < -0.3 is 10.5 Å². The fourth-order valence-electron chi connectivity index (χ4n) is 1.19. The van der Waals surface area contributed by atoms with Gasteiger partial charge in [-0.1, -0.05) is 12.1 Å². The van der Waals surface area contributed by atoms with E-state index in [-0.39, 0.29) is 11.3 Å². The van der Waals surface area contributed by atoms with Crippen molar-refractivity contribution in [3.05, 3.63) is 29.3 Å². The third kappa shape index (κ3) is 3.50. The molecule has 0 saturated carbocycles. The number of hydrogen-bond acceptors (Lipinski definition) is 4. The van der Waals surface area contributed by atoms with Gasteiger partial charge in [0.15, 0.2) is 0 Å². The number of methoxy groups -OCH3 is 1. The molecule has 1 aromatic rings. The summed E-state index contributed by atoms with van der Waals surface area (Å²) in [5.41, 5.74) is 2.76. The molecule has 0 aliphatic rings. The van der Waals surface area contributed by atoms with Crippen molar-refractivity contribution in [2.45, 2.75) is 12.9 Å². The van der Waals surface area contributed by atoms with Crippen molar-refractivity contribution < 1.29 is 21.4 Å². The highest BCUT2D eigenvalue weighted by Gasteiger charge is 2.13. The number of sulfone groups is 1. The fourth-order valence-corrected chi connectivity index (χ4v) is 1.71. The van der Waals surface area contributed by atoms with Gasteiger partial charge in [0.1, 0.15) is 15.6 Å². The highest BCUT2D eigenvalue weighted by Crippen LogP contribution is 2.22. The first-order valence-corrected chi connectivity index (χ1v) is 6.27. The highest BCUT2D eigenvalue weighted by atomic mass is 32.2. The number of rotatable bonds is 4. The number of hydrogen-bond donors (Lipinski definition) is 1. The minimum absolute atomic E-state index is 0.0134. The van der Waals surface area contributed by atoms with Gasteiger partial charge in [0.25, 0.3) is 0 Å². The molecule has 5 heteroatoms. The molecule has 0 spiro atoms. The Labute approximate surface area is 105 Å². The van der Waals surface area contributed by atoms with E-state index < -0.39 is 28.6 Å². The van der Waals surface area contributed by atoms with E-state index >= 15 is 0 Å². The summed E-state index contributed by atoms with van der Waals surface area (Å²) in [7, 11) is -6.92. The Morgan fingerprint density at radius 1 is 1.69 bits per heavy atom. The zero-order valence-electron chi connectivity index (χ0n) is 14.9. The lowest BCUT2D eigenvalue weighted by atomic mass is 10.1. The van der Waals surface area contributed by atoms with E-state index in [2.05, 4.69) is 0 Å². The lowest BCUT2D eigenvalue weighted by molar-refractivity contribution is 0.411. The molecular formula is C11H17NO3S. The van der Waals surface area contributed by atoms with Crippen LogP contribution in [0.4, 0.5) is 0 Å². The topological polar surface area (TPSA) is 69.4 Å². The summed E-state index contributed by atoms with van der Waals surface area (Å²) in [6.07, 6.45) is 0.655. The lowest BCUT2D eigenvalue weighted by Gasteiger charge is -2.13. The van der Waals surface area contributed by atoms with Crippen molar-refractivity contribution in [1.82, 2.24) is 0 Å². The SMILES string of the molecule is [2H]C([2H])([2H])Oc1ccc([C@]([2H])(N)C([2H])([2H])S(C)(=O)=O)cc1C. The van der Waals surface area contributed by atoms with Crippen molar-refractivity contribution in [1.29, 1.82) is 0 Å². The van der Waals surface area contributed by atoms with Crippen LogP contribution in [0.5, 0.6) is 5.75 Å². The van der Waals surface area contributed by atoms with Crippen LogP contribution in [0.3, 0.4) is 0 Å². The summed E-state index contributed by atoms with van der Waals surface area (Å²) >= 11 is 0. The molecule has 1 atom stereocenters. The number of aryl methyl sites for hydroxylation is 1. The minimum Gasteiger partial charge on any atom is -0.496 e. The fraction of sp³-hybridized carbons (Fsp3) is 0.455. The molecule has 2 N–H and O–H groups in total. The van der Waals surface area contributed by atoms with Crippen LogP contribution in [0.15, 0.2) is 18.2 Å². The van der Waals surface area contributed by atoms with Crippen molar-refractivity contribution in [2.75, 3.05) is 19.0 Å². The van der Waals surface area contributed by atoms with Gasteiger partial charge in [-0.3, -0.25) is 0 Å². The maximum Gasteiger partial charge on any atom is 0.149 e. The number of ether oxygens (including phenoxy) is 1. The van der Waals surface area contributed by atoms with Crippen molar-refractivity contribution in [3.63, 3.8) is 0 Å². The Bertz CT molecular complexity index is 669. The Hall–Kier alpha value is -1.07. The standard InChI is InChI=1S/C11H17NO3S/c1-8-6-9(4-5-11(8)15-2)10(12)7-16(3,13)14/h4-6,10H,7,12H2,1-3H3/t10-/m1/s1/i2D3,7D2,10D. The summed E-state index contributed by atoms with van der Waals surface area (Å²) in [6.45, 7) is 1.48. The molecule has 0 bridgehead atoms. The molecule has 0 amide bonds. The molecule has 4 nitrogen and oxygen atoms in total. The van der Waals surface area contributed by atoms with Gasteiger partial charge in [0, 0.05) is 15.0 Å². The van der Waals surface area contributed by atoms with Crippen LogP contribution in [0.2, 0.25) is 0 Å². The molecular weight excluding hydrogens is 226 g/mol. The van der Waals surface area contributed by atoms with E-state index in [0.717, 1.165) is 0 Å². The summed E-state index contributed by atoms with van der Waals surface area (Å²) < 4.78 is 72.1. The first kappa shape index (κ1) is 6.61. The van der Waals surface area contributed by atoms with Gasteiger partial charge in [0.05, 0.1) is 18.2 Å². The monoisotopic (exact) mass is 249 g/mol. The second-order valence-corrected chi connectivity index (χ2v) is 5.12. The van der Waals surface area contributed by atoms with E-state index in [9.17, 15) is 8.42 Å². The molecule has 90 valence electrons.